The van der Waals surface area contributed by atoms with Crippen molar-refractivity contribution in [3.8, 4) is 11.5 Å². The second kappa shape index (κ2) is 8.14. The van der Waals surface area contributed by atoms with Gasteiger partial charge >= 0.3 is 0 Å². The minimum absolute atomic E-state index is 0.0338. The molecule has 140 valence electrons. The number of carbonyl (C=O) groups excluding carboxylic acids is 1. The van der Waals surface area contributed by atoms with Gasteiger partial charge in [0.1, 0.15) is 11.5 Å². The fraction of sp³-hybridized carbons (Fsp3) is 0.286. The zero-order valence-corrected chi connectivity index (χ0v) is 15.5. The number of rotatable bonds is 6. The van der Waals surface area contributed by atoms with E-state index in [1.807, 2.05) is 0 Å². The van der Waals surface area contributed by atoms with Gasteiger partial charge < -0.3 is 15.1 Å². The third-order valence-electron chi connectivity index (χ3n) is 4.79. The number of aromatic hydroxyl groups is 2. The fourth-order valence-electron chi connectivity index (χ4n) is 3.16. The molecule has 2 N–H and O–H groups in total. The molecular formula is C21H23N3O3. The molecule has 6 nitrogen and oxygen atoms in total. The van der Waals surface area contributed by atoms with Crippen LogP contribution in [-0.4, -0.2) is 47.2 Å². The molecular weight excluding hydrogens is 342 g/mol. The van der Waals surface area contributed by atoms with Gasteiger partial charge in [0.15, 0.2) is 0 Å². The standard InChI is InChI=1S/C21H23N3O3/c1-3-24(4-2)12-11-22-23-21(27)14-9-10-17-18(13-14)20(26)16-8-6-5-7-15(16)19(17)25/h5-10,13,25-26H,3-4,11-12H2,1-2H3. The van der Waals surface area contributed by atoms with Gasteiger partial charge in [-0.3, -0.25) is 4.79 Å². The number of carbonyl (C=O) groups is 1. The predicted octanol–water partition coefficient (Wildman–Crippen LogP) is 4.34. The number of azo groups is 1. The van der Waals surface area contributed by atoms with Crippen molar-refractivity contribution in [1.29, 1.82) is 0 Å². The number of hydrogen-bond acceptors (Lipinski definition) is 5. The van der Waals surface area contributed by atoms with Crippen LogP contribution in [0.5, 0.6) is 11.5 Å². The highest BCUT2D eigenvalue weighted by Gasteiger charge is 2.14. The summed E-state index contributed by atoms with van der Waals surface area (Å²) in [7, 11) is 0. The highest BCUT2D eigenvalue weighted by molar-refractivity contribution is 6.12. The molecule has 0 unspecified atom stereocenters. The minimum atomic E-state index is -0.469. The second-order valence-corrected chi connectivity index (χ2v) is 6.30. The summed E-state index contributed by atoms with van der Waals surface area (Å²) in [5, 5.41) is 30.8. The SMILES string of the molecule is CCN(CC)CCN=NC(=O)c1ccc2c(O)c3ccccc3c(O)c2c1. The molecule has 0 saturated carbocycles. The van der Waals surface area contributed by atoms with E-state index >= 15 is 0 Å². The quantitative estimate of drug-likeness (QED) is 0.387. The van der Waals surface area contributed by atoms with Crippen LogP contribution in [0, 0.1) is 0 Å². The average molecular weight is 365 g/mol. The van der Waals surface area contributed by atoms with Crippen molar-refractivity contribution in [1.82, 2.24) is 4.90 Å². The van der Waals surface area contributed by atoms with Crippen molar-refractivity contribution in [2.45, 2.75) is 13.8 Å². The first kappa shape index (κ1) is 18.8. The summed E-state index contributed by atoms with van der Waals surface area (Å²) < 4.78 is 0. The molecule has 3 rings (SSSR count). The first-order valence-corrected chi connectivity index (χ1v) is 9.07. The summed E-state index contributed by atoms with van der Waals surface area (Å²) in [6.45, 7) is 7.22. The highest BCUT2D eigenvalue weighted by Crippen LogP contribution is 2.41. The van der Waals surface area contributed by atoms with E-state index in [-0.39, 0.29) is 11.5 Å². The lowest BCUT2D eigenvalue weighted by Gasteiger charge is -2.15. The van der Waals surface area contributed by atoms with E-state index in [0.29, 0.717) is 33.7 Å². The van der Waals surface area contributed by atoms with E-state index in [1.165, 1.54) is 0 Å². The maximum absolute atomic E-state index is 12.3. The third-order valence-corrected chi connectivity index (χ3v) is 4.79. The maximum atomic E-state index is 12.3. The first-order valence-electron chi connectivity index (χ1n) is 9.07. The zero-order chi connectivity index (χ0) is 19.4. The molecule has 0 saturated heterocycles. The molecule has 0 aliphatic rings. The molecule has 0 heterocycles. The second-order valence-electron chi connectivity index (χ2n) is 6.30. The molecule has 3 aromatic rings. The van der Waals surface area contributed by atoms with Crippen LogP contribution >= 0.6 is 0 Å². The molecule has 6 heteroatoms. The monoisotopic (exact) mass is 365 g/mol. The Hall–Kier alpha value is -2.99. The normalized spacial score (nSPS) is 11.8. The molecule has 3 aromatic carbocycles. The molecule has 27 heavy (non-hydrogen) atoms. The Bertz CT molecular complexity index is 1010. The van der Waals surface area contributed by atoms with E-state index in [2.05, 4.69) is 29.0 Å². The van der Waals surface area contributed by atoms with Gasteiger partial charge in [0.05, 0.1) is 6.54 Å². The Morgan fingerprint density at radius 1 is 0.926 bits per heavy atom. The number of phenols is 2. The van der Waals surface area contributed by atoms with Gasteiger partial charge in [-0.05, 0) is 31.3 Å². The van der Waals surface area contributed by atoms with Crippen molar-refractivity contribution in [2.75, 3.05) is 26.2 Å². The van der Waals surface area contributed by atoms with Crippen LogP contribution in [0.1, 0.15) is 24.2 Å². The molecule has 0 radical (unpaired) electrons. The summed E-state index contributed by atoms with van der Waals surface area (Å²) in [6, 6.07) is 11.8. The fourth-order valence-corrected chi connectivity index (χ4v) is 3.16. The third kappa shape index (κ3) is 3.75. The van der Waals surface area contributed by atoms with Crippen LogP contribution in [0.25, 0.3) is 21.5 Å². The van der Waals surface area contributed by atoms with E-state index < -0.39 is 5.91 Å². The van der Waals surface area contributed by atoms with Crippen LogP contribution in [0.2, 0.25) is 0 Å². The molecule has 0 fully saturated rings. The van der Waals surface area contributed by atoms with Gasteiger partial charge in [-0.25, -0.2) is 0 Å². The van der Waals surface area contributed by atoms with Crippen molar-refractivity contribution in [3.63, 3.8) is 0 Å². The molecule has 0 bridgehead atoms. The molecule has 0 aromatic heterocycles. The van der Waals surface area contributed by atoms with Crippen LogP contribution in [0.3, 0.4) is 0 Å². The van der Waals surface area contributed by atoms with Crippen LogP contribution in [0.4, 0.5) is 0 Å². The Morgan fingerprint density at radius 3 is 2.15 bits per heavy atom. The summed E-state index contributed by atoms with van der Waals surface area (Å²) in [5.41, 5.74) is 0.319. The largest absolute Gasteiger partial charge is 0.507 e. The van der Waals surface area contributed by atoms with Crippen LogP contribution in [-0.2, 0) is 0 Å². The number of benzene rings is 3. The van der Waals surface area contributed by atoms with Gasteiger partial charge in [0.2, 0.25) is 0 Å². The van der Waals surface area contributed by atoms with Crippen LogP contribution < -0.4 is 0 Å². The number of phenolic OH excluding ortho intramolecular Hbond substituents is 2. The van der Waals surface area contributed by atoms with Gasteiger partial charge in [-0.15, -0.1) is 5.11 Å². The van der Waals surface area contributed by atoms with Gasteiger partial charge in [0.25, 0.3) is 5.91 Å². The van der Waals surface area contributed by atoms with Gasteiger partial charge in [0, 0.05) is 33.7 Å². The molecule has 1 amide bonds. The lowest BCUT2D eigenvalue weighted by molar-refractivity contribution is 0.0993. The summed E-state index contributed by atoms with van der Waals surface area (Å²) in [6.07, 6.45) is 0. The molecule has 0 atom stereocenters. The van der Waals surface area contributed by atoms with Crippen molar-refractivity contribution in [2.24, 2.45) is 10.2 Å². The predicted molar refractivity (Wildman–Crippen MR) is 107 cm³/mol. The Labute approximate surface area is 157 Å². The summed E-state index contributed by atoms with van der Waals surface area (Å²) in [5.74, 6) is -0.353. The number of amides is 1. The number of likely N-dealkylation sites (N-methyl/N-ethyl adjacent to an activating group) is 1. The highest BCUT2D eigenvalue weighted by atomic mass is 16.3. The minimum Gasteiger partial charge on any atom is -0.507 e. The average Bonchev–Trinajstić information content (AvgIpc) is 2.71. The Kier molecular flexibility index (Phi) is 5.66. The van der Waals surface area contributed by atoms with E-state index in [9.17, 15) is 15.0 Å². The first-order chi connectivity index (χ1) is 13.1. The van der Waals surface area contributed by atoms with E-state index in [0.717, 1.165) is 19.6 Å². The maximum Gasteiger partial charge on any atom is 0.295 e. The molecule has 0 aliphatic carbocycles. The van der Waals surface area contributed by atoms with E-state index in [1.54, 1.807) is 42.5 Å². The molecule has 0 spiro atoms. The van der Waals surface area contributed by atoms with Gasteiger partial charge in [-0.2, -0.15) is 5.11 Å². The molecule has 0 aliphatic heterocycles. The van der Waals surface area contributed by atoms with Crippen LogP contribution in [0.15, 0.2) is 52.7 Å². The number of nitrogens with zero attached hydrogens (tertiary/aromatic N) is 3. The van der Waals surface area contributed by atoms with E-state index in [4.69, 9.17) is 0 Å². The lowest BCUT2D eigenvalue weighted by atomic mass is 9.99. The summed E-state index contributed by atoms with van der Waals surface area (Å²) in [4.78, 5) is 14.5. The lowest BCUT2D eigenvalue weighted by Crippen LogP contribution is -2.25. The Balaban J connectivity index is 1.89. The summed E-state index contributed by atoms with van der Waals surface area (Å²) >= 11 is 0. The topological polar surface area (TPSA) is 85.5 Å². The van der Waals surface area contributed by atoms with Crippen molar-refractivity contribution >= 4 is 27.5 Å². The zero-order valence-electron chi connectivity index (χ0n) is 15.5. The number of hydrogen-bond donors (Lipinski definition) is 2. The van der Waals surface area contributed by atoms with Crippen molar-refractivity contribution < 1.29 is 15.0 Å². The smallest absolute Gasteiger partial charge is 0.295 e. The van der Waals surface area contributed by atoms with Crippen molar-refractivity contribution in [3.05, 3.63) is 48.0 Å². The Morgan fingerprint density at radius 2 is 1.52 bits per heavy atom. The number of fused-ring (bicyclic) bond motifs is 2. The van der Waals surface area contributed by atoms with Gasteiger partial charge in [-0.1, -0.05) is 38.1 Å².